The minimum Gasteiger partial charge on any atom is -0.465 e. The largest absolute Gasteiger partial charge is 0.465 e. The molecule has 4 heteroatoms. The van der Waals surface area contributed by atoms with E-state index in [2.05, 4.69) is 10.1 Å². The first-order chi connectivity index (χ1) is 5.16. The maximum atomic E-state index is 10.7. The molecule has 0 spiro atoms. The lowest BCUT2D eigenvalue weighted by Gasteiger charge is -2.05. The first-order valence-electron chi connectivity index (χ1n) is 3.71. The van der Waals surface area contributed by atoms with Crippen molar-refractivity contribution in [2.75, 3.05) is 19.7 Å². The van der Waals surface area contributed by atoms with Crippen molar-refractivity contribution in [1.82, 2.24) is 5.32 Å². The third kappa shape index (κ3) is 7.29. The summed E-state index contributed by atoms with van der Waals surface area (Å²) in [6.07, 6.45) is -0.426. The second-order valence-corrected chi connectivity index (χ2v) is 2.28. The van der Waals surface area contributed by atoms with E-state index in [1.807, 2.05) is 0 Å². The van der Waals surface area contributed by atoms with E-state index in [0.29, 0.717) is 13.2 Å². The molecular weight excluding hydrogens is 146 g/mol. The van der Waals surface area contributed by atoms with Crippen LogP contribution in [0.2, 0.25) is 0 Å². The topological polar surface area (TPSA) is 58.6 Å². The van der Waals surface area contributed by atoms with Gasteiger partial charge in [0.2, 0.25) is 0 Å². The van der Waals surface area contributed by atoms with Gasteiger partial charge in [0.1, 0.15) is 0 Å². The van der Waals surface area contributed by atoms with Gasteiger partial charge in [0.05, 0.1) is 19.3 Å². The van der Waals surface area contributed by atoms with E-state index in [4.69, 9.17) is 5.11 Å². The molecule has 4 nitrogen and oxygen atoms in total. The van der Waals surface area contributed by atoms with E-state index in [-0.39, 0.29) is 12.5 Å². The lowest BCUT2D eigenvalue weighted by Crippen LogP contribution is -2.30. The Morgan fingerprint density at radius 3 is 2.82 bits per heavy atom. The molecule has 0 saturated carbocycles. The van der Waals surface area contributed by atoms with Crippen molar-refractivity contribution >= 4 is 5.97 Å². The van der Waals surface area contributed by atoms with Gasteiger partial charge in [0, 0.05) is 6.54 Å². The summed E-state index contributed by atoms with van der Waals surface area (Å²) in [5, 5.41) is 11.5. The Bertz CT molecular complexity index is 114. The fourth-order valence-electron chi connectivity index (χ4n) is 0.595. The summed E-state index contributed by atoms with van der Waals surface area (Å²) in [6, 6.07) is 0. The molecule has 2 N–H and O–H groups in total. The predicted octanol–water partition coefficient (Wildman–Crippen LogP) is -0.480. The van der Waals surface area contributed by atoms with Crippen LogP contribution in [0.15, 0.2) is 0 Å². The molecule has 1 atom stereocenters. The van der Waals surface area contributed by atoms with Crippen LogP contribution >= 0.6 is 0 Å². The molecule has 11 heavy (non-hydrogen) atoms. The average Bonchev–Trinajstić information content (AvgIpc) is 1.87. The highest BCUT2D eigenvalue weighted by Crippen LogP contribution is 1.77. The number of aliphatic hydroxyl groups is 1. The number of hydrogen-bond donors (Lipinski definition) is 2. The quantitative estimate of drug-likeness (QED) is 0.535. The monoisotopic (exact) mass is 161 g/mol. The second kappa shape index (κ2) is 6.12. The molecule has 0 aromatic heterocycles. The molecule has 0 fully saturated rings. The fourth-order valence-corrected chi connectivity index (χ4v) is 0.595. The smallest absolute Gasteiger partial charge is 0.319 e. The van der Waals surface area contributed by atoms with Gasteiger partial charge in [-0.05, 0) is 13.8 Å². The first kappa shape index (κ1) is 10.4. The number of aliphatic hydroxyl groups excluding tert-OH is 1. The third-order valence-electron chi connectivity index (χ3n) is 1.01. The highest BCUT2D eigenvalue weighted by Gasteiger charge is 2.00. The minimum absolute atomic E-state index is 0.165. The van der Waals surface area contributed by atoms with Crippen LogP contribution in [-0.2, 0) is 9.53 Å². The van der Waals surface area contributed by atoms with Gasteiger partial charge < -0.3 is 15.2 Å². The molecule has 0 aromatic carbocycles. The molecule has 0 aliphatic carbocycles. The Morgan fingerprint density at radius 1 is 1.73 bits per heavy atom. The van der Waals surface area contributed by atoms with Crippen LogP contribution in [0.25, 0.3) is 0 Å². The van der Waals surface area contributed by atoms with Crippen LogP contribution in [-0.4, -0.2) is 36.9 Å². The van der Waals surface area contributed by atoms with E-state index in [1.165, 1.54) is 0 Å². The van der Waals surface area contributed by atoms with Gasteiger partial charge >= 0.3 is 5.97 Å². The summed E-state index contributed by atoms with van der Waals surface area (Å²) in [5.74, 6) is -0.284. The van der Waals surface area contributed by atoms with Crippen LogP contribution in [0.5, 0.6) is 0 Å². The third-order valence-corrected chi connectivity index (χ3v) is 1.01. The van der Waals surface area contributed by atoms with E-state index in [0.717, 1.165) is 0 Å². The Balaban J connectivity index is 3.17. The van der Waals surface area contributed by atoms with Crippen LogP contribution in [0.1, 0.15) is 13.8 Å². The highest BCUT2D eigenvalue weighted by molar-refractivity contribution is 5.71. The maximum absolute atomic E-state index is 10.7. The standard InChI is InChI=1S/C7H15NO3/c1-3-11-7(10)5-8-4-6(2)9/h6,8-9H,3-5H2,1-2H3. The van der Waals surface area contributed by atoms with E-state index in [1.54, 1.807) is 13.8 Å². The van der Waals surface area contributed by atoms with Crippen molar-refractivity contribution in [2.24, 2.45) is 0 Å². The van der Waals surface area contributed by atoms with Gasteiger partial charge in [-0.15, -0.1) is 0 Å². The summed E-state index contributed by atoms with van der Waals surface area (Å²) in [7, 11) is 0. The Hall–Kier alpha value is -0.610. The van der Waals surface area contributed by atoms with Crippen LogP contribution in [0.3, 0.4) is 0 Å². The van der Waals surface area contributed by atoms with E-state index >= 15 is 0 Å². The summed E-state index contributed by atoms with van der Waals surface area (Å²) in [5.41, 5.74) is 0. The number of carbonyl (C=O) groups excluding carboxylic acids is 1. The van der Waals surface area contributed by atoms with Crippen molar-refractivity contribution in [3.63, 3.8) is 0 Å². The lowest BCUT2D eigenvalue weighted by atomic mass is 10.4. The molecule has 0 bridgehead atoms. The summed E-state index contributed by atoms with van der Waals surface area (Å²) in [4.78, 5) is 10.7. The average molecular weight is 161 g/mol. The Labute approximate surface area is 66.5 Å². The molecule has 0 radical (unpaired) electrons. The van der Waals surface area contributed by atoms with Crippen molar-refractivity contribution in [3.8, 4) is 0 Å². The molecular formula is C7H15NO3. The van der Waals surface area contributed by atoms with Gasteiger partial charge in [-0.2, -0.15) is 0 Å². The molecule has 0 amide bonds. The SMILES string of the molecule is CCOC(=O)CNCC(C)O. The molecule has 0 heterocycles. The zero-order valence-corrected chi connectivity index (χ0v) is 6.96. The van der Waals surface area contributed by atoms with Crippen molar-refractivity contribution in [1.29, 1.82) is 0 Å². The summed E-state index contributed by atoms with van der Waals surface area (Å²) < 4.78 is 4.64. The number of hydrogen-bond acceptors (Lipinski definition) is 4. The second-order valence-electron chi connectivity index (χ2n) is 2.28. The molecule has 1 unspecified atom stereocenters. The van der Waals surface area contributed by atoms with Crippen molar-refractivity contribution < 1.29 is 14.6 Å². The van der Waals surface area contributed by atoms with Crippen molar-refractivity contribution in [2.45, 2.75) is 20.0 Å². The summed E-state index contributed by atoms with van der Waals surface area (Å²) in [6.45, 7) is 4.39. The van der Waals surface area contributed by atoms with Crippen LogP contribution in [0, 0.1) is 0 Å². The van der Waals surface area contributed by atoms with Gasteiger partial charge in [-0.3, -0.25) is 4.79 Å². The number of nitrogens with one attached hydrogen (secondary N) is 1. The Kier molecular flexibility index (Phi) is 5.78. The molecule has 0 saturated heterocycles. The van der Waals surface area contributed by atoms with Crippen molar-refractivity contribution in [3.05, 3.63) is 0 Å². The molecule has 0 aliphatic heterocycles. The fraction of sp³-hybridized carbons (Fsp3) is 0.857. The van der Waals surface area contributed by atoms with Gasteiger partial charge in [0.25, 0.3) is 0 Å². The number of esters is 1. The number of carbonyl (C=O) groups is 1. The van der Waals surface area contributed by atoms with Crippen LogP contribution in [0.4, 0.5) is 0 Å². The van der Waals surface area contributed by atoms with E-state index < -0.39 is 6.10 Å². The van der Waals surface area contributed by atoms with Crippen LogP contribution < -0.4 is 5.32 Å². The highest BCUT2D eigenvalue weighted by atomic mass is 16.5. The normalized spacial score (nSPS) is 12.6. The molecule has 0 rings (SSSR count). The zero-order valence-electron chi connectivity index (χ0n) is 6.96. The van der Waals surface area contributed by atoms with Gasteiger partial charge in [0.15, 0.2) is 0 Å². The summed E-state index contributed by atoms with van der Waals surface area (Å²) >= 11 is 0. The van der Waals surface area contributed by atoms with E-state index in [9.17, 15) is 4.79 Å². The molecule has 0 aromatic rings. The lowest BCUT2D eigenvalue weighted by molar-refractivity contribution is -0.142. The first-order valence-corrected chi connectivity index (χ1v) is 3.71. The van der Waals surface area contributed by atoms with Gasteiger partial charge in [-0.1, -0.05) is 0 Å². The number of rotatable bonds is 5. The molecule has 66 valence electrons. The predicted molar refractivity (Wildman–Crippen MR) is 41.2 cm³/mol. The number of ether oxygens (including phenoxy) is 1. The molecule has 0 aliphatic rings. The maximum Gasteiger partial charge on any atom is 0.319 e. The Morgan fingerprint density at radius 2 is 2.36 bits per heavy atom. The minimum atomic E-state index is -0.426. The zero-order chi connectivity index (χ0) is 8.69. The van der Waals surface area contributed by atoms with Gasteiger partial charge in [-0.25, -0.2) is 0 Å².